The predicted molar refractivity (Wildman–Crippen MR) is 47.0 cm³/mol. The molecule has 0 aliphatic heterocycles. The lowest BCUT2D eigenvalue weighted by atomic mass is 10.2. The van der Waals surface area contributed by atoms with Crippen LogP contribution in [0.5, 0.6) is 5.75 Å². The molecule has 0 aliphatic carbocycles. The molecule has 1 rings (SSSR count). The largest absolute Gasteiger partial charge is 0.508 e. The number of phenols is 1. The zero-order chi connectivity index (χ0) is 9.68. The van der Waals surface area contributed by atoms with Gasteiger partial charge in [-0.1, -0.05) is 12.1 Å². The van der Waals surface area contributed by atoms with Crippen molar-refractivity contribution in [2.45, 2.75) is 6.54 Å². The van der Waals surface area contributed by atoms with E-state index in [-0.39, 0.29) is 5.75 Å². The monoisotopic (exact) mass is 181 g/mol. The number of benzene rings is 1. The van der Waals surface area contributed by atoms with Crippen LogP contribution in [0.1, 0.15) is 5.56 Å². The molecule has 4 heteroatoms. The second kappa shape index (κ2) is 4.47. The molecule has 0 unspecified atom stereocenters. The van der Waals surface area contributed by atoms with Crippen LogP contribution in [-0.4, -0.2) is 22.7 Å². The summed E-state index contributed by atoms with van der Waals surface area (Å²) in [4.78, 5) is 10.6. The number of aromatic hydroxyl groups is 1. The van der Waals surface area contributed by atoms with Gasteiger partial charge in [0.25, 0.3) is 0 Å². The summed E-state index contributed by atoms with van der Waals surface area (Å²) in [7, 11) is 0. The molecule has 1 aromatic rings. The Hall–Kier alpha value is -1.55. The minimum absolute atomic E-state index is 0.192. The van der Waals surface area contributed by atoms with E-state index in [0.717, 1.165) is 5.56 Å². The van der Waals surface area contributed by atoms with Crippen LogP contribution in [0.15, 0.2) is 24.3 Å². The molecule has 0 saturated carbocycles. The van der Waals surface area contributed by atoms with E-state index in [1.807, 2.05) is 0 Å². The maximum atomic E-state index is 10.6. The summed E-state index contributed by atoms with van der Waals surface area (Å²) in [5.41, 5.74) is 0.875. The molecular weight excluding hydrogens is 170 g/mol. The Balaban J connectivity index is 2.46. The van der Waals surface area contributed by atoms with Gasteiger partial charge in [-0.15, -0.1) is 0 Å². The van der Waals surface area contributed by atoms with Gasteiger partial charge in [-0.05, 0) is 17.7 Å². The number of carbonyl (C=O) groups excluding carboxylic acids is 1. The second-order valence-corrected chi connectivity index (χ2v) is 2.60. The quantitative estimate of drug-likeness (QED) is 0.614. The molecule has 70 valence electrons. The zero-order valence-corrected chi connectivity index (χ0v) is 7.03. The lowest BCUT2D eigenvalue weighted by Gasteiger charge is -2.02. The van der Waals surface area contributed by atoms with Crippen molar-refractivity contribution in [3.63, 3.8) is 0 Å². The number of aliphatic hydroxyl groups is 1. The van der Waals surface area contributed by atoms with E-state index >= 15 is 0 Å². The fraction of sp³-hybridized carbons (Fsp3) is 0.222. The molecule has 0 aromatic heterocycles. The predicted octanol–water partition coefficient (Wildman–Crippen LogP) is 0.000700. The topological polar surface area (TPSA) is 69.6 Å². The average molecular weight is 181 g/mol. The van der Waals surface area contributed by atoms with E-state index in [1.54, 1.807) is 24.3 Å². The van der Waals surface area contributed by atoms with E-state index in [9.17, 15) is 4.79 Å². The van der Waals surface area contributed by atoms with E-state index in [0.29, 0.717) is 6.54 Å². The minimum atomic E-state index is -0.502. The third-order valence-corrected chi connectivity index (χ3v) is 1.57. The number of nitrogens with one attached hydrogen (secondary N) is 1. The van der Waals surface area contributed by atoms with Crippen molar-refractivity contribution in [2.75, 3.05) is 6.61 Å². The third kappa shape index (κ3) is 3.13. The summed E-state index contributed by atoms with van der Waals surface area (Å²) in [5.74, 6) is -0.217. The molecule has 4 nitrogen and oxygen atoms in total. The number of carbonyl (C=O) groups is 1. The van der Waals surface area contributed by atoms with Gasteiger partial charge >= 0.3 is 0 Å². The van der Waals surface area contributed by atoms with Gasteiger partial charge in [0, 0.05) is 6.54 Å². The molecular formula is C9H11NO3. The molecule has 0 atom stereocenters. The first-order chi connectivity index (χ1) is 6.22. The number of hydrogen-bond donors (Lipinski definition) is 3. The first-order valence-corrected chi connectivity index (χ1v) is 3.88. The maximum Gasteiger partial charge on any atom is 0.245 e. The number of hydrogen-bond acceptors (Lipinski definition) is 3. The lowest BCUT2D eigenvalue weighted by Crippen LogP contribution is -2.25. The van der Waals surface area contributed by atoms with Gasteiger partial charge in [0.05, 0.1) is 0 Å². The molecule has 0 bridgehead atoms. The smallest absolute Gasteiger partial charge is 0.245 e. The molecule has 13 heavy (non-hydrogen) atoms. The van der Waals surface area contributed by atoms with Crippen molar-refractivity contribution in [3.05, 3.63) is 29.8 Å². The highest BCUT2D eigenvalue weighted by atomic mass is 16.3. The molecule has 1 aromatic carbocycles. The SMILES string of the molecule is O=C(CO)NCc1ccc(O)cc1. The van der Waals surface area contributed by atoms with Crippen LogP contribution < -0.4 is 5.32 Å². The molecule has 0 aliphatic rings. The molecule has 0 spiro atoms. The van der Waals surface area contributed by atoms with Crippen LogP contribution in [0.3, 0.4) is 0 Å². The van der Waals surface area contributed by atoms with E-state index in [1.165, 1.54) is 0 Å². The van der Waals surface area contributed by atoms with Crippen molar-refractivity contribution in [1.82, 2.24) is 5.32 Å². The van der Waals surface area contributed by atoms with Gasteiger partial charge < -0.3 is 15.5 Å². The minimum Gasteiger partial charge on any atom is -0.508 e. The standard InChI is InChI=1S/C9H11NO3/c11-6-9(13)10-5-7-1-3-8(12)4-2-7/h1-4,11-12H,5-6H2,(H,10,13). The first kappa shape index (κ1) is 9.54. The number of phenolic OH excluding ortho intramolecular Hbond substituents is 1. The highest BCUT2D eigenvalue weighted by Gasteiger charge is 1.97. The van der Waals surface area contributed by atoms with E-state index < -0.39 is 12.5 Å². The zero-order valence-electron chi connectivity index (χ0n) is 7.03. The average Bonchev–Trinajstić information content (AvgIpc) is 2.16. The van der Waals surface area contributed by atoms with Crippen molar-refractivity contribution in [2.24, 2.45) is 0 Å². The Morgan fingerprint density at radius 3 is 2.46 bits per heavy atom. The highest BCUT2D eigenvalue weighted by molar-refractivity contribution is 5.76. The van der Waals surface area contributed by atoms with Gasteiger partial charge in [-0.3, -0.25) is 4.79 Å². The highest BCUT2D eigenvalue weighted by Crippen LogP contribution is 2.08. The van der Waals surface area contributed by atoms with Crippen LogP contribution in [0.25, 0.3) is 0 Å². The Morgan fingerprint density at radius 2 is 1.92 bits per heavy atom. The second-order valence-electron chi connectivity index (χ2n) is 2.60. The summed E-state index contributed by atoms with van der Waals surface area (Å²) in [5, 5.41) is 19.9. The number of aliphatic hydroxyl groups excluding tert-OH is 1. The number of amides is 1. The van der Waals surface area contributed by atoms with Crippen molar-refractivity contribution >= 4 is 5.91 Å². The lowest BCUT2D eigenvalue weighted by molar-refractivity contribution is -0.123. The van der Waals surface area contributed by atoms with Crippen molar-refractivity contribution in [1.29, 1.82) is 0 Å². The summed E-state index contributed by atoms with van der Waals surface area (Å²) in [6.45, 7) is -0.141. The Kier molecular flexibility index (Phi) is 3.28. The summed E-state index contributed by atoms with van der Waals surface area (Å²) in [6, 6.07) is 6.49. The van der Waals surface area contributed by atoms with Gasteiger partial charge in [-0.2, -0.15) is 0 Å². The van der Waals surface area contributed by atoms with Crippen molar-refractivity contribution < 1.29 is 15.0 Å². The van der Waals surface area contributed by atoms with Gasteiger partial charge in [0.2, 0.25) is 5.91 Å². The Morgan fingerprint density at radius 1 is 1.31 bits per heavy atom. The Bertz CT molecular complexity index is 281. The summed E-state index contributed by atoms with van der Waals surface area (Å²) >= 11 is 0. The molecule has 0 saturated heterocycles. The fourth-order valence-corrected chi connectivity index (χ4v) is 0.870. The van der Waals surface area contributed by atoms with Gasteiger partial charge in [-0.25, -0.2) is 0 Å². The van der Waals surface area contributed by atoms with Crippen LogP contribution in [0.2, 0.25) is 0 Å². The number of rotatable bonds is 3. The third-order valence-electron chi connectivity index (χ3n) is 1.57. The normalized spacial score (nSPS) is 9.62. The molecule has 3 N–H and O–H groups in total. The fourth-order valence-electron chi connectivity index (χ4n) is 0.870. The summed E-state index contributed by atoms with van der Waals surface area (Å²) < 4.78 is 0. The van der Waals surface area contributed by atoms with E-state index in [4.69, 9.17) is 10.2 Å². The van der Waals surface area contributed by atoms with Crippen LogP contribution in [0.4, 0.5) is 0 Å². The van der Waals surface area contributed by atoms with Crippen LogP contribution in [0, 0.1) is 0 Å². The van der Waals surface area contributed by atoms with E-state index in [2.05, 4.69) is 5.32 Å². The van der Waals surface area contributed by atoms with Crippen LogP contribution in [-0.2, 0) is 11.3 Å². The first-order valence-electron chi connectivity index (χ1n) is 3.88. The molecule has 0 fully saturated rings. The van der Waals surface area contributed by atoms with Gasteiger partial charge in [0.1, 0.15) is 12.4 Å². The molecule has 0 heterocycles. The summed E-state index contributed by atoms with van der Waals surface area (Å²) in [6.07, 6.45) is 0. The maximum absolute atomic E-state index is 10.6. The van der Waals surface area contributed by atoms with Gasteiger partial charge in [0.15, 0.2) is 0 Å². The molecule has 1 amide bonds. The van der Waals surface area contributed by atoms with Crippen molar-refractivity contribution in [3.8, 4) is 5.75 Å². The Labute approximate surface area is 75.8 Å². The molecule has 0 radical (unpaired) electrons. The van der Waals surface area contributed by atoms with Crippen LogP contribution >= 0.6 is 0 Å².